The molecule has 1 aromatic rings. The standard InChI is InChI=1S/C12H12BrF2NO3S/c13-8-6-9(14)11(10(15)7-8)12(17)16-2-1-4-20(18,19)5-3-16/h6-7H,1-5H2. The summed E-state index contributed by atoms with van der Waals surface area (Å²) in [6.45, 7) is 0.128. The second-order valence-electron chi connectivity index (χ2n) is 4.54. The minimum atomic E-state index is -3.18. The van der Waals surface area contributed by atoms with Gasteiger partial charge < -0.3 is 4.90 Å². The molecular weight excluding hydrogens is 356 g/mol. The molecule has 1 saturated heterocycles. The zero-order valence-corrected chi connectivity index (χ0v) is 12.8. The van der Waals surface area contributed by atoms with E-state index in [9.17, 15) is 22.0 Å². The number of carbonyl (C=O) groups excluding carboxylic acids is 1. The Morgan fingerprint density at radius 3 is 2.35 bits per heavy atom. The highest BCUT2D eigenvalue weighted by molar-refractivity contribution is 9.10. The van der Waals surface area contributed by atoms with Crippen molar-refractivity contribution in [3.63, 3.8) is 0 Å². The van der Waals surface area contributed by atoms with Crippen LogP contribution in [0.25, 0.3) is 0 Å². The van der Waals surface area contributed by atoms with Crippen molar-refractivity contribution < 1.29 is 22.0 Å². The van der Waals surface area contributed by atoms with Crippen LogP contribution >= 0.6 is 15.9 Å². The molecule has 1 heterocycles. The monoisotopic (exact) mass is 367 g/mol. The third kappa shape index (κ3) is 3.35. The number of benzene rings is 1. The summed E-state index contributed by atoms with van der Waals surface area (Å²) >= 11 is 2.94. The second kappa shape index (κ2) is 5.77. The molecule has 0 bridgehead atoms. The van der Waals surface area contributed by atoms with Crippen LogP contribution in [0.3, 0.4) is 0 Å². The molecule has 1 aromatic carbocycles. The SMILES string of the molecule is O=C(c1c(F)cc(Br)cc1F)N1CCCS(=O)(=O)CC1. The molecule has 8 heteroatoms. The van der Waals surface area contributed by atoms with Gasteiger partial charge in [-0.25, -0.2) is 17.2 Å². The van der Waals surface area contributed by atoms with Crippen LogP contribution < -0.4 is 0 Å². The third-order valence-corrected chi connectivity index (χ3v) is 5.24. The predicted octanol–water partition coefficient (Wildman–Crippen LogP) is 1.99. The third-order valence-electron chi connectivity index (χ3n) is 3.06. The van der Waals surface area contributed by atoms with Crippen LogP contribution in [0.1, 0.15) is 16.8 Å². The molecule has 0 spiro atoms. The number of rotatable bonds is 1. The highest BCUT2D eigenvalue weighted by Gasteiger charge is 2.27. The minimum absolute atomic E-state index is 0.0118. The van der Waals surface area contributed by atoms with Crippen LogP contribution in [0.5, 0.6) is 0 Å². The number of carbonyl (C=O) groups is 1. The summed E-state index contributed by atoms with van der Waals surface area (Å²) in [6.07, 6.45) is 0.272. The van der Waals surface area contributed by atoms with Crippen LogP contribution in [0.2, 0.25) is 0 Å². The van der Waals surface area contributed by atoms with Gasteiger partial charge in [-0.05, 0) is 18.6 Å². The van der Waals surface area contributed by atoms with Crippen molar-refractivity contribution in [3.8, 4) is 0 Å². The van der Waals surface area contributed by atoms with Crippen molar-refractivity contribution >= 4 is 31.7 Å². The molecule has 1 aliphatic rings. The maximum absolute atomic E-state index is 13.7. The Balaban J connectivity index is 2.28. The number of amides is 1. The Bertz CT molecular complexity index is 625. The van der Waals surface area contributed by atoms with Gasteiger partial charge >= 0.3 is 0 Å². The zero-order chi connectivity index (χ0) is 14.9. The van der Waals surface area contributed by atoms with Gasteiger partial charge in [-0.2, -0.15) is 0 Å². The molecular formula is C12H12BrF2NO3S. The lowest BCUT2D eigenvalue weighted by molar-refractivity contribution is 0.0758. The molecule has 0 saturated carbocycles. The fourth-order valence-corrected chi connectivity index (χ4v) is 3.72. The van der Waals surface area contributed by atoms with E-state index >= 15 is 0 Å². The van der Waals surface area contributed by atoms with Gasteiger partial charge in [0.2, 0.25) is 0 Å². The number of nitrogens with zero attached hydrogens (tertiary/aromatic N) is 1. The normalized spacial score (nSPS) is 18.6. The van der Waals surface area contributed by atoms with Gasteiger partial charge in [-0.1, -0.05) is 15.9 Å². The summed E-state index contributed by atoms with van der Waals surface area (Å²) in [5.41, 5.74) is -0.646. The summed E-state index contributed by atoms with van der Waals surface area (Å²) < 4.78 is 50.6. The lowest BCUT2D eigenvalue weighted by Gasteiger charge is -2.20. The first kappa shape index (κ1) is 15.4. The van der Waals surface area contributed by atoms with Gasteiger partial charge in [0.15, 0.2) is 9.84 Å². The van der Waals surface area contributed by atoms with E-state index in [0.717, 1.165) is 12.1 Å². The van der Waals surface area contributed by atoms with Crippen molar-refractivity contribution in [1.29, 1.82) is 0 Å². The van der Waals surface area contributed by atoms with Gasteiger partial charge in [0.1, 0.15) is 17.2 Å². The van der Waals surface area contributed by atoms with Crippen LogP contribution in [0.15, 0.2) is 16.6 Å². The average Bonchev–Trinajstić information content (AvgIpc) is 2.48. The molecule has 0 atom stereocenters. The molecule has 20 heavy (non-hydrogen) atoms. The van der Waals surface area contributed by atoms with Crippen molar-refractivity contribution in [2.75, 3.05) is 24.6 Å². The maximum Gasteiger partial charge on any atom is 0.259 e. The van der Waals surface area contributed by atoms with Crippen molar-refractivity contribution in [1.82, 2.24) is 4.90 Å². The number of hydrogen-bond donors (Lipinski definition) is 0. The fraction of sp³-hybridized carbons (Fsp3) is 0.417. The van der Waals surface area contributed by atoms with Crippen molar-refractivity contribution in [2.24, 2.45) is 0 Å². The quantitative estimate of drug-likeness (QED) is 0.762. The van der Waals surface area contributed by atoms with Crippen LogP contribution in [0.4, 0.5) is 8.78 Å². The molecule has 1 fully saturated rings. The summed E-state index contributed by atoms with van der Waals surface area (Å²) in [5.74, 6) is -2.94. The fourth-order valence-electron chi connectivity index (χ4n) is 2.05. The van der Waals surface area contributed by atoms with E-state index in [4.69, 9.17) is 0 Å². The smallest absolute Gasteiger partial charge is 0.259 e. The minimum Gasteiger partial charge on any atom is -0.337 e. The van der Waals surface area contributed by atoms with Gasteiger partial charge in [-0.3, -0.25) is 4.79 Å². The van der Waals surface area contributed by atoms with E-state index in [1.54, 1.807) is 0 Å². The lowest BCUT2D eigenvalue weighted by atomic mass is 10.1. The first-order valence-electron chi connectivity index (χ1n) is 5.94. The highest BCUT2D eigenvalue weighted by atomic mass is 79.9. The van der Waals surface area contributed by atoms with E-state index in [1.807, 2.05) is 0 Å². The Morgan fingerprint density at radius 2 is 1.75 bits per heavy atom. The number of sulfone groups is 1. The summed E-state index contributed by atoms with van der Waals surface area (Å²) in [4.78, 5) is 13.3. The Hall–Kier alpha value is -1.02. The molecule has 0 N–H and O–H groups in total. The van der Waals surface area contributed by atoms with Crippen LogP contribution in [0, 0.1) is 11.6 Å². The van der Waals surface area contributed by atoms with Gasteiger partial charge in [0.25, 0.3) is 5.91 Å². The molecule has 0 aromatic heterocycles. The van der Waals surface area contributed by atoms with Gasteiger partial charge in [-0.15, -0.1) is 0 Å². The Morgan fingerprint density at radius 1 is 1.15 bits per heavy atom. The molecule has 0 radical (unpaired) electrons. The first-order chi connectivity index (χ1) is 9.30. The highest BCUT2D eigenvalue weighted by Crippen LogP contribution is 2.21. The molecule has 0 aliphatic carbocycles. The maximum atomic E-state index is 13.7. The average molecular weight is 368 g/mol. The Labute approximate surface area is 123 Å². The molecule has 1 amide bonds. The van der Waals surface area contributed by atoms with Crippen molar-refractivity contribution in [2.45, 2.75) is 6.42 Å². The van der Waals surface area contributed by atoms with E-state index < -0.39 is 32.9 Å². The van der Waals surface area contributed by atoms with E-state index in [0.29, 0.717) is 0 Å². The second-order valence-corrected chi connectivity index (χ2v) is 7.76. The Kier molecular flexibility index (Phi) is 4.43. The largest absolute Gasteiger partial charge is 0.337 e. The predicted molar refractivity (Wildman–Crippen MR) is 73.2 cm³/mol. The molecule has 0 unspecified atom stereocenters. The topological polar surface area (TPSA) is 54.5 Å². The summed E-state index contributed by atoms with van der Waals surface area (Å²) in [6, 6.07) is 2.01. The van der Waals surface area contributed by atoms with Gasteiger partial charge in [0, 0.05) is 17.6 Å². The summed E-state index contributed by atoms with van der Waals surface area (Å²) in [5, 5.41) is 0. The molecule has 1 aliphatic heterocycles. The first-order valence-corrected chi connectivity index (χ1v) is 8.56. The molecule has 4 nitrogen and oxygen atoms in total. The van der Waals surface area contributed by atoms with Crippen molar-refractivity contribution in [3.05, 3.63) is 33.8 Å². The van der Waals surface area contributed by atoms with E-state index in [1.165, 1.54) is 4.90 Å². The zero-order valence-electron chi connectivity index (χ0n) is 10.4. The van der Waals surface area contributed by atoms with Crippen LogP contribution in [-0.4, -0.2) is 43.8 Å². The van der Waals surface area contributed by atoms with E-state index in [2.05, 4.69) is 15.9 Å². The van der Waals surface area contributed by atoms with Crippen LogP contribution in [-0.2, 0) is 9.84 Å². The number of hydrogen-bond acceptors (Lipinski definition) is 3. The van der Waals surface area contributed by atoms with Gasteiger partial charge in [0.05, 0.1) is 11.5 Å². The molecule has 110 valence electrons. The summed E-state index contributed by atoms with van der Waals surface area (Å²) in [7, 11) is -3.18. The van der Waals surface area contributed by atoms with E-state index in [-0.39, 0.29) is 35.5 Å². The molecule has 2 rings (SSSR count). The number of halogens is 3. The lowest BCUT2D eigenvalue weighted by Crippen LogP contribution is -2.34.